The molecule has 35 heavy (non-hydrogen) atoms. The van der Waals surface area contributed by atoms with Crippen molar-refractivity contribution in [3.05, 3.63) is 65.5 Å². The molecule has 0 aliphatic rings. The Morgan fingerprint density at radius 2 is 1.86 bits per heavy atom. The molecule has 0 spiro atoms. The van der Waals surface area contributed by atoms with Crippen molar-refractivity contribution in [2.24, 2.45) is 11.8 Å². The van der Waals surface area contributed by atoms with Crippen LogP contribution in [0.4, 0.5) is 4.39 Å². The standard InChI is InChI=1S/C25H31BFN3O5/c1-17(21(16-28)25(32)30(2)3)13-19-15-20(9-10-22(19)27)35-12-11-24(31)29-23(26(33)34)14-18-7-5-4-6-8-18/h4-10,15,17,21,23,33-34H,11-14H2,1-3H3,(H,29,31)/t17?,21?,23-/m0/s1. The highest BCUT2D eigenvalue weighted by atomic mass is 19.1. The van der Waals surface area contributed by atoms with Crippen molar-refractivity contribution in [2.45, 2.75) is 32.1 Å². The number of halogens is 1. The summed E-state index contributed by atoms with van der Waals surface area (Å²) in [5.74, 6) is -3.08. The second-order valence-corrected chi connectivity index (χ2v) is 8.65. The fourth-order valence-electron chi connectivity index (χ4n) is 3.61. The minimum atomic E-state index is -1.72. The summed E-state index contributed by atoms with van der Waals surface area (Å²) in [6, 6.07) is 15.3. The highest BCUT2D eigenvalue weighted by molar-refractivity contribution is 6.43. The third-order valence-electron chi connectivity index (χ3n) is 5.58. The molecule has 0 saturated heterocycles. The Morgan fingerprint density at radius 3 is 2.46 bits per heavy atom. The van der Waals surface area contributed by atoms with Gasteiger partial charge in [-0.05, 0) is 48.1 Å². The van der Waals surface area contributed by atoms with E-state index < -0.39 is 36.6 Å². The molecule has 0 bridgehead atoms. The second-order valence-electron chi connectivity index (χ2n) is 8.65. The van der Waals surface area contributed by atoms with Crippen molar-refractivity contribution >= 4 is 18.9 Å². The molecule has 3 N–H and O–H groups in total. The molecule has 2 unspecified atom stereocenters. The van der Waals surface area contributed by atoms with Crippen molar-refractivity contribution in [2.75, 3.05) is 20.7 Å². The maximum atomic E-state index is 14.4. The Morgan fingerprint density at radius 1 is 1.17 bits per heavy atom. The van der Waals surface area contributed by atoms with Crippen LogP contribution in [0, 0.1) is 29.0 Å². The van der Waals surface area contributed by atoms with Gasteiger partial charge in [-0.15, -0.1) is 0 Å². The molecule has 0 heterocycles. The van der Waals surface area contributed by atoms with Gasteiger partial charge in [-0.2, -0.15) is 5.26 Å². The predicted octanol–water partition coefficient (Wildman–Crippen LogP) is 1.74. The molecular weight excluding hydrogens is 452 g/mol. The number of carbonyl (C=O) groups excluding carboxylic acids is 2. The molecule has 0 radical (unpaired) electrons. The van der Waals surface area contributed by atoms with Gasteiger partial charge in [-0.1, -0.05) is 37.3 Å². The first-order valence-electron chi connectivity index (χ1n) is 11.3. The topological polar surface area (TPSA) is 123 Å². The third kappa shape index (κ3) is 8.70. The molecule has 8 nitrogen and oxygen atoms in total. The number of amides is 2. The van der Waals surface area contributed by atoms with E-state index in [1.165, 1.54) is 23.1 Å². The molecule has 2 rings (SSSR count). The van der Waals surface area contributed by atoms with Crippen LogP contribution in [-0.2, 0) is 22.4 Å². The van der Waals surface area contributed by atoms with Crippen molar-refractivity contribution < 1.29 is 28.8 Å². The molecule has 0 aliphatic carbocycles. The van der Waals surface area contributed by atoms with Gasteiger partial charge in [0, 0.05) is 14.1 Å². The zero-order valence-corrected chi connectivity index (χ0v) is 20.1. The highest BCUT2D eigenvalue weighted by Crippen LogP contribution is 2.24. The molecule has 2 amide bonds. The minimum Gasteiger partial charge on any atom is -0.493 e. The first-order valence-corrected chi connectivity index (χ1v) is 11.3. The van der Waals surface area contributed by atoms with Crippen LogP contribution < -0.4 is 10.1 Å². The van der Waals surface area contributed by atoms with E-state index in [2.05, 4.69) is 5.32 Å². The van der Waals surface area contributed by atoms with E-state index >= 15 is 0 Å². The lowest BCUT2D eigenvalue weighted by molar-refractivity contribution is -0.132. The number of hydrogen-bond acceptors (Lipinski definition) is 6. The first-order chi connectivity index (χ1) is 16.6. The van der Waals surface area contributed by atoms with Gasteiger partial charge in [0.15, 0.2) is 0 Å². The molecule has 2 aromatic rings. The second kappa shape index (κ2) is 13.5. The third-order valence-corrected chi connectivity index (χ3v) is 5.58. The average Bonchev–Trinajstić information content (AvgIpc) is 2.81. The lowest BCUT2D eigenvalue weighted by Gasteiger charge is -2.21. The Bertz CT molecular complexity index is 1030. The van der Waals surface area contributed by atoms with Crippen LogP contribution in [0.2, 0.25) is 0 Å². The molecule has 0 fully saturated rings. The molecule has 10 heteroatoms. The number of ether oxygens (including phenoxy) is 1. The maximum absolute atomic E-state index is 14.4. The first kappa shape index (κ1) is 27.8. The summed E-state index contributed by atoms with van der Waals surface area (Å²) >= 11 is 0. The van der Waals surface area contributed by atoms with Gasteiger partial charge >= 0.3 is 7.12 Å². The lowest BCUT2D eigenvalue weighted by atomic mass is 9.76. The normalized spacial score (nSPS) is 13.2. The van der Waals surface area contributed by atoms with E-state index in [0.29, 0.717) is 11.3 Å². The number of hydrogen-bond donors (Lipinski definition) is 3. The molecule has 0 aromatic heterocycles. The van der Waals surface area contributed by atoms with Gasteiger partial charge in [-0.25, -0.2) is 4.39 Å². The Kier molecular flexibility index (Phi) is 10.7. The number of nitrogens with one attached hydrogen (secondary N) is 1. The Balaban J connectivity index is 1.92. The average molecular weight is 483 g/mol. The van der Waals surface area contributed by atoms with Crippen LogP contribution in [0.3, 0.4) is 0 Å². The van der Waals surface area contributed by atoms with Gasteiger partial charge in [-0.3, -0.25) is 9.59 Å². The quantitative estimate of drug-likeness (QED) is 0.396. The molecule has 2 aromatic carbocycles. The SMILES string of the molecule is CC(Cc1cc(OCCC(=O)N[C@@H](Cc2ccccc2)B(O)O)ccc1F)C(C#N)C(=O)N(C)C. The monoisotopic (exact) mass is 483 g/mol. The summed E-state index contributed by atoms with van der Waals surface area (Å²) in [6.07, 6.45) is 0.372. The molecule has 186 valence electrons. The number of benzene rings is 2. The number of nitrogens with zero attached hydrogens (tertiary/aromatic N) is 2. The summed E-state index contributed by atoms with van der Waals surface area (Å²) in [4.78, 5) is 25.8. The summed E-state index contributed by atoms with van der Waals surface area (Å²) in [5.41, 5.74) is 1.15. The highest BCUT2D eigenvalue weighted by Gasteiger charge is 2.27. The van der Waals surface area contributed by atoms with Crippen LogP contribution in [0.25, 0.3) is 0 Å². The van der Waals surface area contributed by atoms with Gasteiger partial charge < -0.3 is 25.0 Å². The predicted molar refractivity (Wildman–Crippen MR) is 129 cm³/mol. The van der Waals surface area contributed by atoms with E-state index in [0.717, 1.165) is 5.56 Å². The van der Waals surface area contributed by atoms with Gasteiger partial charge in [0.25, 0.3) is 0 Å². The van der Waals surface area contributed by atoms with E-state index in [1.807, 2.05) is 36.4 Å². The summed E-state index contributed by atoms with van der Waals surface area (Å²) in [6.45, 7) is 1.71. The molecule has 3 atom stereocenters. The maximum Gasteiger partial charge on any atom is 0.475 e. The number of nitriles is 1. The largest absolute Gasteiger partial charge is 0.493 e. The molecular formula is C25H31BFN3O5. The van der Waals surface area contributed by atoms with Crippen molar-refractivity contribution in [1.82, 2.24) is 10.2 Å². The summed E-state index contributed by atoms with van der Waals surface area (Å²) < 4.78 is 20.0. The van der Waals surface area contributed by atoms with Gasteiger partial charge in [0.2, 0.25) is 11.8 Å². The fourth-order valence-corrected chi connectivity index (χ4v) is 3.61. The zero-order valence-electron chi connectivity index (χ0n) is 20.1. The number of rotatable bonds is 12. The van der Waals surface area contributed by atoms with E-state index in [4.69, 9.17) is 4.74 Å². The fraction of sp³-hybridized carbons (Fsp3) is 0.400. The van der Waals surface area contributed by atoms with E-state index in [-0.39, 0.29) is 31.8 Å². The van der Waals surface area contributed by atoms with Crippen LogP contribution in [-0.4, -0.2) is 60.5 Å². The van der Waals surface area contributed by atoms with Crippen LogP contribution in [0.15, 0.2) is 48.5 Å². The minimum absolute atomic E-state index is 0.00796. The smallest absolute Gasteiger partial charge is 0.475 e. The number of carbonyl (C=O) groups is 2. The van der Waals surface area contributed by atoms with Gasteiger partial charge in [0.1, 0.15) is 17.5 Å². The van der Waals surface area contributed by atoms with Crippen LogP contribution in [0.5, 0.6) is 5.75 Å². The van der Waals surface area contributed by atoms with Crippen molar-refractivity contribution in [3.63, 3.8) is 0 Å². The van der Waals surface area contributed by atoms with Crippen molar-refractivity contribution in [3.8, 4) is 11.8 Å². The van der Waals surface area contributed by atoms with Crippen LogP contribution in [0.1, 0.15) is 24.5 Å². The summed E-state index contributed by atoms with van der Waals surface area (Å²) in [5, 5.41) is 31.2. The molecule has 0 aliphatic heterocycles. The zero-order chi connectivity index (χ0) is 26.0. The van der Waals surface area contributed by atoms with Crippen LogP contribution >= 0.6 is 0 Å². The van der Waals surface area contributed by atoms with E-state index in [1.54, 1.807) is 21.0 Å². The lowest BCUT2D eigenvalue weighted by Crippen LogP contribution is -2.48. The van der Waals surface area contributed by atoms with Crippen molar-refractivity contribution in [1.29, 1.82) is 5.26 Å². The Hall–Kier alpha value is -3.42. The van der Waals surface area contributed by atoms with E-state index in [9.17, 15) is 29.3 Å². The molecule has 0 saturated carbocycles. The summed E-state index contributed by atoms with van der Waals surface area (Å²) in [7, 11) is 1.41. The van der Waals surface area contributed by atoms with Gasteiger partial charge in [0.05, 0.1) is 25.0 Å². The Labute approximate surface area is 205 Å².